The van der Waals surface area contributed by atoms with Crippen LogP contribution in [0.5, 0.6) is 5.75 Å². The minimum Gasteiger partial charge on any atom is -0.497 e. The van der Waals surface area contributed by atoms with Gasteiger partial charge in [0.15, 0.2) is 5.78 Å². The number of carbonyl (C=O) groups is 1. The van der Waals surface area contributed by atoms with Crippen molar-refractivity contribution in [2.75, 3.05) is 7.11 Å². The minimum atomic E-state index is -0.962. The summed E-state index contributed by atoms with van der Waals surface area (Å²) in [4.78, 5) is 14.2. The Bertz CT molecular complexity index is 1030. The van der Waals surface area contributed by atoms with Gasteiger partial charge in [-0.05, 0) is 28.8 Å². The standard InChI is InChI=1S/C27H22O2/c1-29-25-19-17-24(18-20-25)27(22-13-7-3-8-14-22,23-15-9-4-10-16-23)26(28)21-11-5-2-6-12-21/h2-20H,1H3. The Morgan fingerprint density at radius 1 is 0.586 bits per heavy atom. The van der Waals surface area contributed by atoms with Crippen LogP contribution in [0.25, 0.3) is 0 Å². The minimum absolute atomic E-state index is 0.0423. The second kappa shape index (κ2) is 8.15. The number of hydrogen-bond acceptors (Lipinski definition) is 2. The Balaban J connectivity index is 2.06. The predicted molar refractivity (Wildman–Crippen MR) is 117 cm³/mol. The van der Waals surface area contributed by atoms with Gasteiger partial charge in [0.2, 0.25) is 0 Å². The van der Waals surface area contributed by atoms with Crippen LogP contribution in [0, 0.1) is 0 Å². The molecule has 0 aliphatic heterocycles. The number of ether oxygens (including phenoxy) is 1. The van der Waals surface area contributed by atoms with E-state index in [0.29, 0.717) is 5.56 Å². The van der Waals surface area contributed by atoms with E-state index >= 15 is 0 Å². The molecule has 4 aromatic carbocycles. The molecule has 2 heteroatoms. The molecule has 0 heterocycles. The summed E-state index contributed by atoms with van der Waals surface area (Å²) in [6.07, 6.45) is 0. The van der Waals surface area contributed by atoms with Crippen molar-refractivity contribution in [1.29, 1.82) is 0 Å². The SMILES string of the molecule is COc1ccc(C(C(=O)c2ccccc2)(c2ccccc2)c2ccccc2)cc1. The first-order chi connectivity index (χ1) is 14.3. The zero-order valence-corrected chi connectivity index (χ0v) is 16.3. The molecule has 0 aliphatic rings. The van der Waals surface area contributed by atoms with Gasteiger partial charge in [-0.3, -0.25) is 4.79 Å². The summed E-state index contributed by atoms with van der Waals surface area (Å²) in [5.74, 6) is 0.802. The molecule has 0 atom stereocenters. The smallest absolute Gasteiger partial charge is 0.182 e. The van der Waals surface area contributed by atoms with Crippen molar-refractivity contribution in [3.8, 4) is 5.75 Å². The van der Waals surface area contributed by atoms with Crippen LogP contribution in [0.4, 0.5) is 0 Å². The first-order valence-electron chi connectivity index (χ1n) is 9.62. The molecular weight excluding hydrogens is 356 g/mol. The highest BCUT2D eigenvalue weighted by molar-refractivity contribution is 6.09. The van der Waals surface area contributed by atoms with Crippen LogP contribution < -0.4 is 4.74 Å². The average Bonchev–Trinajstić information content (AvgIpc) is 2.82. The molecule has 0 saturated heterocycles. The maximum Gasteiger partial charge on any atom is 0.182 e. The Hall–Kier alpha value is -3.65. The number of benzene rings is 4. The average molecular weight is 378 g/mol. The fourth-order valence-electron chi connectivity index (χ4n) is 3.92. The summed E-state index contributed by atoms with van der Waals surface area (Å²) in [5.41, 5.74) is 2.49. The highest BCUT2D eigenvalue weighted by Gasteiger charge is 2.43. The fraction of sp³-hybridized carbons (Fsp3) is 0.0741. The fourth-order valence-corrected chi connectivity index (χ4v) is 3.92. The molecule has 0 aromatic heterocycles. The van der Waals surface area contributed by atoms with Gasteiger partial charge in [-0.2, -0.15) is 0 Å². The van der Waals surface area contributed by atoms with Crippen molar-refractivity contribution in [3.63, 3.8) is 0 Å². The highest BCUT2D eigenvalue weighted by Crippen LogP contribution is 2.42. The largest absolute Gasteiger partial charge is 0.497 e. The van der Waals surface area contributed by atoms with Crippen molar-refractivity contribution in [2.24, 2.45) is 0 Å². The Kier molecular flexibility index (Phi) is 5.26. The molecule has 0 bridgehead atoms. The van der Waals surface area contributed by atoms with Gasteiger partial charge in [-0.25, -0.2) is 0 Å². The molecule has 29 heavy (non-hydrogen) atoms. The Labute approximate surface area is 171 Å². The summed E-state index contributed by atoms with van der Waals surface area (Å²) in [5, 5.41) is 0. The van der Waals surface area contributed by atoms with Gasteiger partial charge in [0.1, 0.15) is 11.2 Å². The number of carbonyl (C=O) groups excluding carboxylic acids is 1. The Morgan fingerprint density at radius 3 is 1.45 bits per heavy atom. The third kappa shape index (κ3) is 3.34. The lowest BCUT2D eigenvalue weighted by Gasteiger charge is -2.34. The van der Waals surface area contributed by atoms with Crippen molar-refractivity contribution >= 4 is 5.78 Å². The topological polar surface area (TPSA) is 26.3 Å². The lowest BCUT2D eigenvalue weighted by atomic mass is 9.65. The number of methoxy groups -OCH3 is 1. The zero-order valence-electron chi connectivity index (χ0n) is 16.3. The molecule has 0 spiro atoms. The molecule has 2 nitrogen and oxygen atoms in total. The van der Waals surface area contributed by atoms with Gasteiger partial charge in [-0.1, -0.05) is 103 Å². The second-order valence-corrected chi connectivity index (χ2v) is 6.91. The molecule has 0 N–H and O–H groups in total. The van der Waals surface area contributed by atoms with E-state index in [1.807, 2.05) is 115 Å². The number of ketones is 1. The van der Waals surface area contributed by atoms with Crippen LogP contribution in [0.3, 0.4) is 0 Å². The van der Waals surface area contributed by atoms with Crippen LogP contribution >= 0.6 is 0 Å². The van der Waals surface area contributed by atoms with E-state index < -0.39 is 5.41 Å². The van der Waals surface area contributed by atoms with Crippen LogP contribution in [-0.2, 0) is 5.41 Å². The lowest BCUT2D eigenvalue weighted by Crippen LogP contribution is -2.38. The monoisotopic (exact) mass is 378 g/mol. The van der Waals surface area contributed by atoms with E-state index in [1.165, 1.54) is 0 Å². The van der Waals surface area contributed by atoms with E-state index in [9.17, 15) is 4.79 Å². The van der Waals surface area contributed by atoms with E-state index in [2.05, 4.69) is 0 Å². The quantitative estimate of drug-likeness (QED) is 0.308. The van der Waals surface area contributed by atoms with Gasteiger partial charge in [0.05, 0.1) is 7.11 Å². The van der Waals surface area contributed by atoms with Gasteiger partial charge in [0.25, 0.3) is 0 Å². The van der Waals surface area contributed by atoms with Crippen molar-refractivity contribution in [3.05, 3.63) is 138 Å². The van der Waals surface area contributed by atoms with Gasteiger partial charge >= 0.3 is 0 Å². The van der Waals surface area contributed by atoms with Crippen molar-refractivity contribution in [2.45, 2.75) is 5.41 Å². The third-order valence-corrected chi connectivity index (χ3v) is 5.31. The van der Waals surface area contributed by atoms with E-state index in [4.69, 9.17) is 4.74 Å². The molecule has 142 valence electrons. The molecule has 0 saturated carbocycles. The van der Waals surface area contributed by atoms with E-state index in [1.54, 1.807) is 7.11 Å². The second-order valence-electron chi connectivity index (χ2n) is 6.91. The van der Waals surface area contributed by atoms with E-state index in [0.717, 1.165) is 22.4 Å². The molecular formula is C27H22O2. The normalized spacial score (nSPS) is 11.1. The molecule has 0 fully saturated rings. The first kappa shape index (κ1) is 18.7. The Morgan fingerprint density at radius 2 is 1.00 bits per heavy atom. The van der Waals surface area contributed by atoms with Gasteiger partial charge in [0, 0.05) is 5.56 Å². The molecule has 4 aromatic rings. The molecule has 0 aliphatic carbocycles. The summed E-state index contributed by atoms with van der Waals surface area (Å²) < 4.78 is 5.35. The highest BCUT2D eigenvalue weighted by atomic mass is 16.5. The van der Waals surface area contributed by atoms with Crippen molar-refractivity contribution in [1.82, 2.24) is 0 Å². The summed E-state index contributed by atoms with van der Waals surface area (Å²) >= 11 is 0. The molecule has 0 radical (unpaired) electrons. The lowest BCUT2D eigenvalue weighted by molar-refractivity contribution is 0.0935. The summed E-state index contributed by atoms with van der Waals surface area (Å²) in [6, 6.07) is 37.3. The van der Waals surface area contributed by atoms with Gasteiger partial charge in [-0.15, -0.1) is 0 Å². The third-order valence-electron chi connectivity index (χ3n) is 5.31. The number of rotatable bonds is 6. The maximum absolute atomic E-state index is 14.2. The maximum atomic E-state index is 14.2. The number of Topliss-reactive ketones (excluding diaryl/α,β-unsaturated/α-hetero) is 1. The van der Waals surface area contributed by atoms with Crippen LogP contribution in [0.2, 0.25) is 0 Å². The summed E-state index contributed by atoms with van der Waals surface area (Å²) in [6.45, 7) is 0. The molecule has 0 amide bonds. The first-order valence-corrected chi connectivity index (χ1v) is 9.62. The van der Waals surface area contributed by atoms with Gasteiger partial charge < -0.3 is 4.74 Å². The van der Waals surface area contributed by atoms with E-state index in [-0.39, 0.29) is 5.78 Å². The predicted octanol–water partition coefficient (Wildman–Crippen LogP) is 5.91. The zero-order chi connectivity index (χ0) is 20.1. The molecule has 4 rings (SSSR count). The molecule has 0 unspecified atom stereocenters. The van der Waals surface area contributed by atoms with Crippen LogP contribution in [-0.4, -0.2) is 12.9 Å². The number of hydrogen-bond donors (Lipinski definition) is 0. The summed E-state index contributed by atoms with van der Waals surface area (Å²) in [7, 11) is 1.64. The van der Waals surface area contributed by atoms with Crippen molar-refractivity contribution < 1.29 is 9.53 Å². The van der Waals surface area contributed by atoms with Crippen LogP contribution in [0.15, 0.2) is 115 Å². The van der Waals surface area contributed by atoms with Crippen LogP contribution in [0.1, 0.15) is 27.0 Å².